The third-order valence-electron chi connectivity index (χ3n) is 2.72. The van der Waals surface area contributed by atoms with Gasteiger partial charge in [0.15, 0.2) is 0 Å². The highest BCUT2D eigenvalue weighted by Gasteiger charge is 2.09. The fourth-order valence-electron chi connectivity index (χ4n) is 1.34. The summed E-state index contributed by atoms with van der Waals surface area (Å²) in [6.45, 7) is 6.73. The molecule has 2 unspecified atom stereocenters. The third kappa shape index (κ3) is 3.33. The van der Waals surface area contributed by atoms with Crippen molar-refractivity contribution in [3.63, 3.8) is 0 Å². The van der Waals surface area contributed by atoms with Gasteiger partial charge >= 0.3 is 0 Å². The summed E-state index contributed by atoms with van der Waals surface area (Å²) in [5, 5.41) is 3.50. The molecule has 1 rings (SSSR count). The molecule has 78 valence electrons. The second-order valence-corrected chi connectivity index (χ2v) is 4.74. The standard InChI is InChI=1S/C12H18BrN/c1-4-9(2)10(3)14-12-7-5-6-11(13)8-12/h5-10,14H,4H2,1-3H3. The number of anilines is 1. The van der Waals surface area contributed by atoms with Crippen LogP contribution in [0.4, 0.5) is 5.69 Å². The van der Waals surface area contributed by atoms with Crippen molar-refractivity contribution in [2.75, 3.05) is 5.32 Å². The van der Waals surface area contributed by atoms with E-state index >= 15 is 0 Å². The lowest BCUT2D eigenvalue weighted by molar-refractivity contribution is 0.494. The van der Waals surface area contributed by atoms with Crippen LogP contribution in [0.1, 0.15) is 27.2 Å². The van der Waals surface area contributed by atoms with Crippen LogP contribution in [0.15, 0.2) is 28.7 Å². The third-order valence-corrected chi connectivity index (χ3v) is 3.21. The summed E-state index contributed by atoms with van der Waals surface area (Å²) in [7, 11) is 0. The van der Waals surface area contributed by atoms with Crippen LogP contribution in [0.3, 0.4) is 0 Å². The van der Waals surface area contributed by atoms with Crippen LogP contribution in [0.2, 0.25) is 0 Å². The normalized spacial score (nSPS) is 14.9. The van der Waals surface area contributed by atoms with Crippen LogP contribution in [0.25, 0.3) is 0 Å². The van der Waals surface area contributed by atoms with Gasteiger partial charge in [0.05, 0.1) is 0 Å². The van der Waals surface area contributed by atoms with Crippen molar-refractivity contribution in [2.24, 2.45) is 5.92 Å². The Labute approximate surface area is 95.0 Å². The highest BCUT2D eigenvalue weighted by molar-refractivity contribution is 9.10. The molecule has 0 heterocycles. The van der Waals surface area contributed by atoms with E-state index in [1.54, 1.807) is 0 Å². The summed E-state index contributed by atoms with van der Waals surface area (Å²) in [5.74, 6) is 0.703. The Bertz CT molecular complexity index is 285. The molecule has 0 amide bonds. The molecule has 0 fully saturated rings. The Morgan fingerprint density at radius 1 is 1.36 bits per heavy atom. The molecule has 1 aromatic rings. The van der Waals surface area contributed by atoms with Crippen molar-refractivity contribution in [2.45, 2.75) is 33.2 Å². The second-order valence-electron chi connectivity index (χ2n) is 3.83. The van der Waals surface area contributed by atoms with Crippen LogP contribution in [0.5, 0.6) is 0 Å². The Morgan fingerprint density at radius 3 is 2.64 bits per heavy atom. The van der Waals surface area contributed by atoms with Gasteiger partial charge in [0, 0.05) is 16.2 Å². The molecule has 0 bridgehead atoms. The van der Waals surface area contributed by atoms with E-state index in [4.69, 9.17) is 0 Å². The summed E-state index contributed by atoms with van der Waals surface area (Å²) in [6.07, 6.45) is 1.21. The number of rotatable bonds is 4. The smallest absolute Gasteiger partial charge is 0.0353 e. The maximum Gasteiger partial charge on any atom is 0.0353 e. The minimum atomic E-state index is 0.522. The molecule has 1 aromatic carbocycles. The molecular formula is C12H18BrN. The zero-order valence-corrected chi connectivity index (χ0v) is 10.6. The topological polar surface area (TPSA) is 12.0 Å². The first-order valence-corrected chi connectivity index (χ1v) is 5.95. The average Bonchev–Trinajstić information content (AvgIpc) is 2.16. The number of hydrogen-bond acceptors (Lipinski definition) is 1. The van der Waals surface area contributed by atoms with E-state index in [1.807, 2.05) is 6.07 Å². The molecule has 1 N–H and O–H groups in total. The van der Waals surface area contributed by atoms with E-state index in [9.17, 15) is 0 Å². The first-order chi connectivity index (χ1) is 6.63. The molecule has 0 aliphatic rings. The van der Waals surface area contributed by atoms with Crippen molar-refractivity contribution in [3.8, 4) is 0 Å². The van der Waals surface area contributed by atoms with Gasteiger partial charge in [0.1, 0.15) is 0 Å². The molecule has 14 heavy (non-hydrogen) atoms. The van der Waals surface area contributed by atoms with Crippen LogP contribution < -0.4 is 5.32 Å². The SMILES string of the molecule is CCC(C)C(C)Nc1cccc(Br)c1. The van der Waals surface area contributed by atoms with E-state index in [-0.39, 0.29) is 0 Å². The van der Waals surface area contributed by atoms with E-state index < -0.39 is 0 Å². The van der Waals surface area contributed by atoms with Gasteiger partial charge in [-0.3, -0.25) is 0 Å². The van der Waals surface area contributed by atoms with E-state index in [0.717, 1.165) is 4.47 Å². The van der Waals surface area contributed by atoms with Crippen molar-refractivity contribution >= 4 is 21.6 Å². The van der Waals surface area contributed by atoms with Gasteiger partial charge in [-0.05, 0) is 31.0 Å². The van der Waals surface area contributed by atoms with Gasteiger partial charge in [0.2, 0.25) is 0 Å². The van der Waals surface area contributed by atoms with Gasteiger partial charge in [-0.15, -0.1) is 0 Å². The highest BCUT2D eigenvalue weighted by atomic mass is 79.9. The summed E-state index contributed by atoms with van der Waals surface area (Å²) >= 11 is 3.47. The summed E-state index contributed by atoms with van der Waals surface area (Å²) < 4.78 is 1.12. The van der Waals surface area contributed by atoms with E-state index in [2.05, 4.69) is 60.2 Å². The molecule has 0 radical (unpaired) electrons. The van der Waals surface area contributed by atoms with Crippen molar-refractivity contribution in [1.29, 1.82) is 0 Å². The first-order valence-electron chi connectivity index (χ1n) is 5.15. The van der Waals surface area contributed by atoms with Gasteiger partial charge in [-0.25, -0.2) is 0 Å². The van der Waals surface area contributed by atoms with E-state index in [1.165, 1.54) is 12.1 Å². The molecule has 2 atom stereocenters. The Kier molecular flexibility index (Phi) is 4.46. The van der Waals surface area contributed by atoms with Gasteiger partial charge in [0.25, 0.3) is 0 Å². The fraction of sp³-hybridized carbons (Fsp3) is 0.500. The van der Waals surface area contributed by atoms with Crippen LogP contribution >= 0.6 is 15.9 Å². The summed E-state index contributed by atoms with van der Waals surface area (Å²) in [4.78, 5) is 0. The largest absolute Gasteiger partial charge is 0.382 e. The van der Waals surface area contributed by atoms with Gasteiger partial charge < -0.3 is 5.32 Å². The Morgan fingerprint density at radius 2 is 2.07 bits per heavy atom. The lowest BCUT2D eigenvalue weighted by atomic mass is 10.0. The van der Waals surface area contributed by atoms with Crippen molar-refractivity contribution in [1.82, 2.24) is 0 Å². The Balaban J connectivity index is 2.60. The zero-order chi connectivity index (χ0) is 10.6. The summed E-state index contributed by atoms with van der Waals surface area (Å²) in [5.41, 5.74) is 1.19. The molecule has 0 saturated carbocycles. The lowest BCUT2D eigenvalue weighted by Crippen LogP contribution is -2.23. The minimum absolute atomic E-state index is 0.522. The Hall–Kier alpha value is -0.500. The summed E-state index contributed by atoms with van der Waals surface area (Å²) in [6, 6.07) is 8.83. The van der Waals surface area contributed by atoms with Crippen molar-refractivity contribution < 1.29 is 0 Å². The monoisotopic (exact) mass is 255 g/mol. The lowest BCUT2D eigenvalue weighted by Gasteiger charge is -2.21. The minimum Gasteiger partial charge on any atom is -0.382 e. The van der Waals surface area contributed by atoms with Gasteiger partial charge in [-0.1, -0.05) is 42.3 Å². The molecular weight excluding hydrogens is 238 g/mol. The predicted octanol–water partition coefficient (Wildman–Crippen LogP) is 4.30. The van der Waals surface area contributed by atoms with Crippen LogP contribution in [0, 0.1) is 5.92 Å². The van der Waals surface area contributed by atoms with Crippen LogP contribution in [-0.2, 0) is 0 Å². The molecule has 0 aliphatic carbocycles. The fourth-order valence-corrected chi connectivity index (χ4v) is 1.74. The number of hydrogen-bond donors (Lipinski definition) is 1. The molecule has 0 aromatic heterocycles. The van der Waals surface area contributed by atoms with Gasteiger partial charge in [-0.2, -0.15) is 0 Å². The highest BCUT2D eigenvalue weighted by Crippen LogP contribution is 2.18. The maximum absolute atomic E-state index is 3.50. The van der Waals surface area contributed by atoms with Crippen LogP contribution in [-0.4, -0.2) is 6.04 Å². The average molecular weight is 256 g/mol. The molecule has 0 spiro atoms. The maximum atomic E-state index is 3.50. The number of nitrogens with one attached hydrogen (secondary N) is 1. The predicted molar refractivity (Wildman–Crippen MR) is 66.7 cm³/mol. The van der Waals surface area contributed by atoms with Crippen molar-refractivity contribution in [3.05, 3.63) is 28.7 Å². The molecule has 1 nitrogen and oxygen atoms in total. The van der Waals surface area contributed by atoms with E-state index in [0.29, 0.717) is 12.0 Å². The molecule has 0 aliphatic heterocycles. The quantitative estimate of drug-likeness (QED) is 0.847. The number of benzene rings is 1. The molecule has 2 heteroatoms. The number of halogens is 1. The zero-order valence-electron chi connectivity index (χ0n) is 9.05. The first kappa shape index (κ1) is 11.6. The second kappa shape index (κ2) is 5.40. The molecule has 0 saturated heterocycles.